The van der Waals surface area contributed by atoms with Gasteiger partial charge in [0.15, 0.2) is 5.96 Å². The Balaban J connectivity index is 0.00000300. The third-order valence-electron chi connectivity index (χ3n) is 4.32. The number of unbranched alkanes of at least 4 members (excludes halogenated alkanes) is 1. The van der Waals surface area contributed by atoms with Crippen molar-refractivity contribution in [1.82, 2.24) is 15.6 Å². The minimum atomic E-state index is -0.582. The average Bonchev–Trinajstić information content (AvgIpc) is 3.31. The van der Waals surface area contributed by atoms with Gasteiger partial charge in [-0.15, -0.1) is 46.7 Å². The fourth-order valence-electron chi connectivity index (χ4n) is 2.90. The summed E-state index contributed by atoms with van der Waals surface area (Å²) in [5.41, 5.74) is 1.11. The molecule has 0 amide bonds. The molecular weight excluding hydrogens is 515 g/mol. The van der Waals surface area contributed by atoms with Crippen molar-refractivity contribution in [2.24, 2.45) is 4.99 Å². The van der Waals surface area contributed by atoms with Gasteiger partial charge >= 0.3 is 0 Å². The van der Waals surface area contributed by atoms with Crippen LogP contribution in [0, 0.1) is 6.92 Å². The normalized spacial score (nSPS) is 12.6. The van der Waals surface area contributed by atoms with Crippen molar-refractivity contribution < 1.29 is 5.11 Å². The monoisotopic (exact) mass is 544 g/mol. The minimum absolute atomic E-state index is 0. The summed E-state index contributed by atoms with van der Waals surface area (Å²) in [6.45, 7) is 6.08. The number of nitrogens with one attached hydrogen (secondary N) is 2. The molecular formula is C21H29IN4OS2. The molecule has 0 radical (unpaired) electrons. The molecule has 8 heteroatoms. The van der Waals surface area contributed by atoms with Gasteiger partial charge in [-0.05, 0) is 50.6 Å². The number of hydrogen-bond donors (Lipinski definition) is 3. The van der Waals surface area contributed by atoms with Crippen LogP contribution in [-0.2, 0) is 6.42 Å². The predicted octanol–water partition coefficient (Wildman–Crippen LogP) is 4.90. The molecule has 1 aromatic carbocycles. The van der Waals surface area contributed by atoms with Gasteiger partial charge in [-0.2, -0.15) is 0 Å². The Bertz CT molecular complexity index is 876. The van der Waals surface area contributed by atoms with E-state index in [1.165, 1.54) is 15.1 Å². The highest BCUT2D eigenvalue weighted by atomic mass is 127. The third kappa shape index (κ3) is 7.51. The van der Waals surface area contributed by atoms with Gasteiger partial charge in [0.1, 0.15) is 6.10 Å². The zero-order valence-corrected chi connectivity index (χ0v) is 20.8. The Morgan fingerprint density at radius 1 is 1.24 bits per heavy atom. The molecule has 0 spiro atoms. The van der Waals surface area contributed by atoms with Gasteiger partial charge in [0, 0.05) is 33.7 Å². The number of aliphatic hydroxyl groups excluding tert-OH is 1. The van der Waals surface area contributed by atoms with Crippen LogP contribution < -0.4 is 10.6 Å². The lowest BCUT2D eigenvalue weighted by Gasteiger charge is -2.12. The molecule has 158 valence electrons. The first-order chi connectivity index (χ1) is 13.7. The van der Waals surface area contributed by atoms with Crippen LogP contribution in [0.1, 0.15) is 41.4 Å². The maximum Gasteiger partial charge on any atom is 0.191 e. The molecule has 0 saturated carbocycles. The van der Waals surface area contributed by atoms with Crippen LogP contribution in [0.15, 0.2) is 40.7 Å². The van der Waals surface area contributed by atoms with Crippen molar-refractivity contribution in [3.8, 4) is 0 Å². The molecule has 29 heavy (non-hydrogen) atoms. The van der Waals surface area contributed by atoms with Gasteiger partial charge in [0.25, 0.3) is 0 Å². The lowest BCUT2D eigenvalue weighted by atomic mass is 10.2. The topological polar surface area (TPSA) is 69.5 Å². The fraction of sp³-hybridized carbons (Fsp3) is 0.429. The number of thiophene rings is 1. The molecule has 3 N–H and O–H groups in total. The van der Waals surface area contributed by atoms with E-state index in [-0.39, 0.29) is 24.0 Å². The van der Waals surface area contributed by atoms with Crippen molar-refractivity contribution in [2.75, 3.05) is 19.6 Å². The Kier molecular flexibility index (Phi) is 10.3. The highest BCUT2D eigenvalue weighted by Gasteiger charge is 2.11. The maximum absolute atomic E-state index is 10.5. The minimum Gasteiger partial charge on any atom is -0.386 e. The average molecular weight is 545 g/mol. The summed E-state index contributed by atoms with van der Waals surface area (Å²) in [5.74, 6) is 0.757. The molecule has 0 saturated heterocycles. The summed E-state index contributed by atoms with van der Waals surface area (Å²) in [6.07, 6.45) is 2.60. The van der Waals surface area contributed by atoms with Crippen LogP contribution in [0.5, 0.6) is 0 Å². The molecule has 1 atom stereocenters. The number of thiazole rings is 1. The van der Waals surface area contributed by atoms with E-state index in [2.05, 4.69) is 44.2 Å². The van der Waals surface area contributed by atoms with E-state index in [1.54, 1.807) is 22.7 Å². The number of guanidine groups is 1. The molecule has 3 aromatic rings. The molecule has 0 aliphatic heterocycles. The number of fused-ring (bicyclic) bond motifs is 1. The highest BCUT2D eigenvalue weighted by Crippen LogP contribution is 2.29. The van der Waals surface area contributed by atoms with E-state index >= 15 is 0 Å². The second-order valence-corrected chi connectivity index (χ2v) is 8.75. The van der Waals surface area contributed by atoms with E-state index in [9.17, 15) is 5.11 Å². The lowest BCUT2D eigenvalue weighted by molar-refractivity contribution is 0.191. The number of aliphatic imine (C=N–C) groups is 1. The second-order valence-electron chi connectivity index (χ2n) is 6.69. The van der Waals surface area contributed by atoms with Gasteiger partial charge in [-0.1, -0.05) is 18.2 Å². The number of aromatic nitrogens is 1. The van der Waals surface area contributed by atoms with Crippen molar-refractivity contribution in [1.29, 1.82) is 0 Å². The lowest BCUT2D eigenvalue weighted by Crippen LogP contribution is -2.38. The second kappa shape index (κ2) is 12.5. The zero-order chi connectivity index (χ0) is 19.8. The number of hydrogen-bond acceptors (Lipinski definition) is 5. The standard InChI is InChI=1S/C21H28N4OS2.HI/c1-3-22-21(23-11-7-6-10-20-25-15(2)14-27-20)24-13-17(26)19-12-16-8-4-5-9-18(16)28-19;/h4-5,8-9,12,14,17,26H,3,6-7,10-11,13H2,1-2H3,(H2,22,23,24);1H. The SMILES string of the molecule is CCNC(=NCC(O)c1cc2ccccc2s1)NCCCCc1nc(C)cs1.I. The summed E-state index contributed by atoms with van der Waals surface area (Å²) in [7, 11) is 0. The molecule has 5 nitrogen and oxygen atoms in total. The molecule has 0 aliphatic rings. The van der Waals surface area contributed by atoms with Crippen LogP contribution in [0.25, 0.3) is 10.1 Å². The van der Waals surface area contributed by atoms with Crippen LogP contribution in [0.2, 0.25) is 0 Å². The van der Waals surface area contributed by atoms with Crippen molar-refractivity contribution >= 4 is 62.7 Å². The third-order valence-corrected chi connectivity index (χ3v) is 6.56. The zero-order valence-electron chi connectivity index (χ0n) is 16.9. The van der Waals surface area contributed by atoms with Gasteiger partial charge < -0.3 is 15.7 Å². The molecule has 0 bridgehead atoms. The first-order valence-corrected chi connectivity index (χ1v) is 11.4. The van der Waals surface area contributed by atoms with Crippen LogP contribution in [-0.4, -0.2) is 35.7 Å². The Morgan fingerprint density at radius 2 is 2.07 bits per heavy atom. The van der Waals surface area contributed by atoms with Crippen molar-refractivity contribution in [2.45, 2.75) is 39.2 Å². The highest BCUT2D eigenvalue weighted by molar-refractivity contribution is 14.0. The fourth-order valence-corrected chi connectivity index (χ4v) is 4.76. The number of halogens is 1. The van der Waals surface area contributed by atoms with Gasteiger partial charge in [0.05, 0.1) is 11.6 Å². The number of aliphatic hydroxyl groups is 1. The van der Waals surface area contributed by atoms with Gasteiger partial charge in [-0.3, -0.25) is 4.99 Å². The van der Waals surface area contributed by atoms with Crippen molar-refractivity contribution in [3.63, 3.8) is 0 Å². The quantitative estimate of drug-likeness (QED) is 0.155. The summed E-state index contributed by atoms with van der Waals surface area (Å²) in [5, 5.41) is 21.6. The number of nitrogens with zero attached hydrogens (tertiary/aromatic N) is 2. The van der Waals surface area contributed by atoms with E-state index < -0.39 is 6.10 Å². The van der Waals surface area contributed by atoms with Crippen molar-refractivity contribution in [3.05, 3.63) is 51.3 Å². The Morgan fingerprint density at radius 3 is 2.79 bits per heavy atom. The summed E-state index contributed by atoms with van der Waals surface area (Å²) in [4.78, 5) is 10.0. The smallest absolute Gasteiger partial charge is 0.191 e. The molecule has 0 fully saturated rings. The molecule has 1 unspecified atom stereocenters. The summed E-state index contributed by atoms with van der Waals surface area (Å²) >= 11 is 3.37. The van der Waals surface area contributed by atoms with Gasteiger partial charge in [-0.25, -0.2) is 4.98 Å². The number of benzene rings is 1. The summed E-state index contributed by atoms with van der Waals surface area (Å²) in [6, 6.07) is 10.3. The molecule has 3 rings (SSSR count). The molecule has 0 aliphatic carbocycles. The van der Waals surface area contributed by atoms with E-state index in [1.807, 2.05) is 26.0 Å². The number of rotatable bonds is 9. The molecule has 2 aromatic heterocycles. The van der Waals surface area contributed by atoms with Crippen LogP contribution in [0.3, 0.4) is 0 Å². The van der Waals surface area contributed by atoms with Gasteiger partial charge in [0.2, 0.25) is 0 Å². The first kappa shape index (κ1) is 24.0. The van der Waals surface area contributed by atoms with E-state index in [0.29, 0.717) is 6.54 Å². The first-order valence-electron chi connectivity index (χ1n) is 9.75. The predicted molar refractivity (Wildman–Crippen MR) is 136 cm³/mol. The Hall–Kier alpha value is -1.23. The van der Waals surface area contributed by atoms with Crippen LogP contribution >= 0.6 is 46.7 Å². The summed E-state index contributed by atoms with van der Waals surface area (Å²) < 4.78 is 1.20. The maximum atomic E-state index is 10.5. The van der Waals surface area contributed by atoms with E-state index in [4.69, 9.17) is 0 Å². The largest absolute Gasteiger partial charge is 0.386 e. The van der Waals surface area contributed by atoms with Crippen LogP contribution in [0.4, 0.5) is 0 Å². The van der Waals surface area contributed by atoms with E-state index in [0.717, 1.165) is 48.9 Å². The number of aryl methyl sites for hydroxylation is 2. The Labute approximate surface area is 197 Å². The molecule has 2 heterocycles.